The highest BCUT2D eigenvalue weighted by atomic mass is 16.2. The predicted molar refractivity (Wildman–Crippen MR) is 82.3 cm³/mol. The second-order valence-electron chi connectivity index (χ2n) is 6.02. The fourth-order valence-electron chi connectivity index (χ4n) is 3.08. The number of fused-ring (bicyclic) bond motifs is 1. The lowest BCUT2D eigenvalue weighted by Gasteiger charge is -2.13. The van der Waals surface area contributed by atoms with Crippen LogP contribution in [0.15, 0.2) is 23.0 Å². The molecule has 1 unspecified atom stereocenters. The lowest BCUT2D eigenvalue weighted by atomic mass is 10.0. The fourth-order valence-corrected chi connectivity index (χ4v) is 3.08. The minimum absolute atomic E-state index is 0.0236. The van der Waals surface area contributed by atoms with Gasteiger partial charge < -0.3 is 5.73 Å². The van der Waals surface area contributed by atoms with Crippen molar-refractivity contribution in [2.24, 2.45) is 5.73 Å². The van der Waals surface area contributed by atoms with Crippen LogP contribution in [0.1, 0.15) is 41.4 Å². The van der Waals surface area contributed by atoms with E-state index < -0.39 is 0 Å². The third kappa shape index (κ3) is 2.78. The van der Waals surface area contributed by atoms with Gasteiger partial charge in [0.2, 0.25) is 0 Å². The summed E-state index contributed by atoms with van der Waals surface area (Å²) in [5.74, 6) is 0.902. The molecule has 1 aliphatic heterocycles. The van der Waals surface area contributed by atoms with Gasteiger partial charge in [-0.2, -0.15) is 5.10 Å². The topological polar surface area (TPSA) is 65.8 Å². The molecule has 0 aliphatic carbocycles. The molecule has 1 aliphatic rings. The zero-order valence-corrected chi connectivity index (χ0v) is 12.7. The molecule has 1 aromatic heterocycles. The van der Waals surface area contributed by atoms with Crippen LogP contribution in [-0.4, -0.2) is 14.3 Å². The van der Waals surface area contributed by atoms with Gasteiger partial charge in [0.25, 0.3) is 0 Å². The summed E-state index contributed by atoms with van der Waals surface area (Å²) in [5.41, 5.74) is 9.70. The van der Waals surface area contributed by atoms with Gasteiger partial charge in [0.15, 0.2) is 0 Å². The van der Waals surface area contributed by atoms with Gasteiger partial charge in [-0.1, -0.05) is 29.3 Å². The summed E-state index contributed by atoms with van der Waals surface area (Å²) in [6.07, 6.45) is 3.06. The van der Waals surface area contributed by atoms with Crippen LogP contribution >= 0.6 is 0 Å². The molecule has 0 amide bonds. The molecule has 21 heavy (non-hydrogen) atoms. The Kier molecular flexibility index (Phi) is 3.68. The smallest absolute Gasteiger partial charge is 0.322 e. The molecule has 0 spiro atoms. The maximum absolute atomic E-state index is 12.3. The van der Waals surface area contributed by atoms with E-state index in [9.17, 15) is 4.79 Å². The first-order valence-corrected chi connectivity index (χ1v) is 7.55. The van der Waals surface area contributed by atoms with Gasteiger partial charge in [-0.3, -0.25) is 4.57 Å². The molecule has 0 saturated heterocycles. The van der Waals surface area contributed by atoms with E-state index in [4.69, 9.17) is 5.73 Å². The number of benzene rings is 1. The average molecular weight is 286 g/mol. The number of hydrogen-bond acceptors (Lipinski definition) is 3. The minimum Gasteiger partial charge on any atom is -0.322 e. The SMILES string of the molecule is Cc1cc(C)cc(C(N)Cn2nc3n(c2=O)CCCC3)c1. The number of hydrogen-bond donors (Lipinski definition) is 1. The lowest BCUT2D eigenvalue weighted by Crippen LogP contribution is -2.30. The van der Waals surface area contributed by atoms with Crippen molar-refractivity contribution < 1.29 is 0 Å². The first-order valence-electron chi connectivity index (χ1n) is 7.55. The summed E-state index contributed by atoms with van der Waals surface area (Å²) in [6.45, 7) is 5.34. The molecule has 2 N–H and O–H groups in total. The van der Waals surface area contributed by atoms with Gasteiger partial charge in [0.05, 0.1) is 6.54 Å². The van der Waals surface area contributed by atoms with Gasteiger partial charge in [0.1, 0.15) is 5.82 Å². The zero-order chi connectivity index (χ0) is 15.0. The zero-order valence-electron chi connectivity index (χ0n) is 12.7. The molecule has 2 aromatic rings. The Morgan fingerprint density at radius 3 is 2.62 bits per heavy atom. The molecule has 112 valence electrons. The molecule has 1 aromatic carbocycles. The van der Waals surface area contributed by atoms with Crippen LogP contribution in [0.5, 0.6) is 0 Å². The van der Waals surface area contributed by atoms with Gasteiger partial charge >= 0.3 is 5.69 Å². The molecule has 5 heteroatoms. The van der Waals surface area contributed by atoms with Crippen molar-refractivity contribution in [2.45, 2.75) is 52.2 Å². The van der Waals surface area contributed by atoms with E-state index >= 15 is 0 Å². The molecule has 1 atom stereocenters. The Balaban J connectivity index is 1.86. The van der Waals surface area contributed by atoms with Crippen LogP contribution in [0.3, 0.4) is 0 Å². The molecule has 5 nitrogen and oxygen atoms in total. The second-order valence-corrected chi connectivity index (χ2v) is 6.02. The van der Waals surface area contributed by atoms with E-state index in [2.05, 4.69) is 37.1 Å². The predicted octanol–water partition coefficient (Wildman–Crippen LogP) is 1.70. The monoisotopic (exact) mass is 286 g/mol. The van der Waals surface area contributed by atoms with Crippen molar-refractivity contribution in [1.29, 1.82) is 0 Å². The summed E-state index contributed by atoms with van der Waals surface area (Å²) < 4.78 is 3.32. The van der Waals surface area contributed by atoms with Crippen LogP contribution in [0, 0.1) is 13.8 Å². The fraction of sp³-hybridized carbons (Fsp3) is 0.500. The summed E-state index contributed by atoms with van der Waals surface area (Å²) in [7, 11) is 0. The molecule has 2 heterocycles. The molecular weight excluding hydrogens is 264 g/mol. The van der Waals surface area contributed by atoms with Crippen molar-refractivity contribution >= 4 is 0 Å². The Hall–Kier alpha value is -1.88. The highest BCUT2D eigenvalue weighted by Crippen LogP contribution is 2.17. The summed E-state index contributed by atoms with van der Waals surface area (Å²) in [4.78, 5) is 12.3. The molecule has 0 saturated carbocycles. The first kappa shape index (κ1) is 14.1. The van der Waals surface area contributed by atoms with E-state index in [-0.39, 0.29) is 11.7 Å². The molecule has 0 fully saturated rings. The van der Waals surface area contributed by atoms with Crippen LogP contribution in [0.4, 0.5) is 0 Å². The normalized spacial score (nSPS) is 15.8. The number of nitrogens with two attached hydrogens (primary N) is 1. The summed E-state index contributed by atoms with van der Waals surface area (Å²) in [6, 6.07) is 6.08. The Bertz CT molecular complexity index is 693. The lowest BCUT2D eigenvalue weighted by molar-refractivity contribution is 0.498. The largest absolute Gasteiger partial charge is 0.345 e. The molecule has 0 bridgehead atoms. The van der Waals surface area contributed by atoms with Crippen LogP contribution in [0.25, 0.3) is 0 Å². The van der Waals surface area contributed by atoms with Crippen molar-refractivity contribution in [3.05, 3.63) is 51.2 Å². The summed E-state index contributed by atoms with van der Waals surface area (Å²) in [5, 5.41) is 4.45. The van der Waals surface area contributed by atoms with E-state index in [1.165, 1.54) is 15.8 Å². The Morgan fingerprint density at radius 2 is 1.95 bits per heavy atom. The van der Waals surface area contributed by atoms with Gasteiger partial charge in [-0.25, -0.2) is 9.48 Å². The van der Waals surface area contributed by atoms with E-state index in [1.54, 1.807) is 4.57 Å². The second kappa shape index (κ2) is 5.48. The quantitative estimate of drug-likeness (QED) is 0.934. The van der Waals surface area contributed by atoms with E-state index in [0.717, 1.165) is 37.2 Å². The van der Waals surface area contributed by atoms with Crippen LogP contribution in [-0.2, 0) is 19.5 Å². The van der Waals surface area contributed by atoms with Gasteiger partial charge in [-0.05, 0) is 32.3 Å². The summed E-state index contributed by atoms with van der Waals surface area (Å²) >= 11 is 0. The average Bonchev–Trinajstić information content (AvgIpc) is 2.75. The van der Waals surface area contributed by atoms with Crippen molar-refractivity contribution in [2.75, 3.05) is 0 Å². The Morgan fingerprint density at radius 1 is 1.24 bits per heavy atom. The number of aromatic nitrogens is 3. The molecule has 3 rings (SSSR count). The van der Waals surface area contributed by atoms with E-state index in [0.29, 0.717) is 6.54 Å². The number of aryl methyl sites for hydroxylation is 3. The number of nitrogens with zero attached hydrogens (tertiary/aromatic N) is 3. The van der Waals surface area contributed by atoms with Crippen molar-refractivity contribution in [3.8, 4) is 0 Å². The van der Waals surface area contributed by atoms with Crippen LogP contribution < -0.4 is 11.4 Å². The van der Waals surface area contributed by atoms with Crippen molar-refractivity contribution in [3.63, 3.8) is 0 Å². The maximum Gasteiger partial charge on any atom is 0.345 e. The van der Waals surface area contributed by atoms with Crippen LogP contribution in [0.2, 0.25) is 0 Å². The molecular formula is C16H22N4O. The standard InChI is InChI=1S/C16H22N4O/c1-11-7-12(2)9-13(8-11)14(17)10-20-16(21)19-6-4-3-5-15(19)18-20/h7-9,14H,3-6,10,17H2,1-2H3. The highest BCUT2D eigenvalue weighted by molar-refractivity contribution is 5.30. The number of rotatable bonds is 3. The third-order valence-electron chi connectivity index (χ3n) is 4.07. The maximum atomic E-state index is 12.3. The highest BCUT2D eigenvalue weighted by Gasteiger charge is 2.18. The molecule has 0 radical (unpaired) electrons. The third-order valence-corrected chi connectivity index (χ3v) is 4.07. The Labute approximate surface area is 124 Å². The minimum atomic E-state index is -0.210. The van der Waals surface area contributed by atoms with Crippen molar-refractivity contribution in [1.82, 2.24) is 14.3 Å². The van der Waals surface area contributed by atoms with E-state index in [1.807, 2.05) is 0 Å². The van der Waals surface area contributed by atoms with Gasteiger partial charge in [0, 0.05) is 19.0 Å². The first-order chi connectivity index (χ1) is 10.0. The van der Waals surface area contributed by atoms with Gasteiger partial charge in [-0.15, -0.1) is 0 Å².